The number of hydrogen-bond donors (Lipinski definition) is 0. The highest BCUT2D eigenvalue weighted by Crippen LogP contribution is 2.10. The van der Waals surface area contributed by atoms with Gasteiger partial charge < -0.3 is 0 Å². The van der Waals surface area contributed by atoms with Crippen LogP contribution < -0.4 is 0 Å². The number of rotatable bonds is 5. The fraction of sp³-hybridized carbons (Fsp3) is 0.300. The zero-order valence-corrected chi connectivity index (χ0v) is 9.61. The van der Waals surface area contributed by atoms with Gasteiger partial charge in [0, 0.05) is 5.33 Å². The van der Waals surface area contributed by atoms with Crippen molar-refractivity contribution in [2.75, 3.05) is 5.33 Å². The summed E-state index contributed by atoms with van der Waals surface area (Å²) in [4.78, 5) is 12.2. The summed E-state index contributed by atoms with van der Waals surface area (Å²) in [7, 11) is 0. The van der Waals surface area contributed by atoms with E-state index >= 15 is 0 Å². The maximum absolute atomic E-state index is 11.4. The number of halogens is 1. The number of ketones is 1. The van der Waals surface area contributed by atoms with E-state index in [9.17, 15) is 4.79 Å². The Morgan fingerprint density at radius 2 is 2.46 bits per heavy atom. The van der Waals surface area contributed by atoms with Crippen LogP contribution in [0.4, 0.5) is 0 Å². The van der Waals surface area contributed by atoms with Crippen molar-refractivity contribution in [2.24, 2.45) is 0 Å². The highest BCUT2D eigenvalue weighted by molar-refractivity contribution is 9.09. The number of thiophene rings is 1. The Bertz CT molecular complexity index is 277. The molecule has 3 heteroatoms. The van der Waals surface area contributed by atoms with Crippen LogP contribution in [0.25, 0.3) is 0 Å². The van der Waals surface area contributed by atoms with Gasteiger partial charge >= 0.3 is 0 Å². The molecule has 0 atom stereocenters. The van der Waals surface area contributed by atoms with Gasteiger partial charge in [-0.15, -0.1) is 11.3 Å². The first kappa shape index (κ1) is 10.7. The molecular weight excluding hydrogens is 248 g/mol. The van der Waals surface area contributed by atoms with Crippen LogP contribution in [-0.2, 0) is 0 Å². The normalized spacial score (nSPS) is 10.8. The van der Waals surface area contributed by atoms with E-state index in [1.54, 1.807) is 6.08 Å². The second-order valence-electron chi connectivity index (χ2n) is 2.58. The molecule has 0 saturated carbocycles. The molecule has 0 aliphatic carbocycles. The van der Waals surface area contributed by atoms with E-state index in [0.717, 1.165) is 23.0 Å². The fourth-order valence-electron chi connectivity index (χ4n) is 0.886. The first-order valence-corrected chi connectivity index (χ1v) is 6.15. The Morgan fingerprint density at radius 1 is 1.62 bits per heavy atom. The van der Waals surface area contributed by atoms with Crippen molar-refractivity contribution in [1.29, 1.82) is 0 Å². The van der Waals surface area contributed by atoms with Crippen molar-refractivity contribution >= 4 is 33.0 Å². The lowest BCUT2D eigenvalue weighted by atomic mass is 10.2. The number of allylic oxidation sites excluding steroid dienone is 2. The van der Waals surface area contributed by atoms with Gasteiger partial charge in [-0.3, -0.25) is 4.79 Å². The quantitative estimate of drug-likeness (QED) is 0.341. The van der Waals surface area contributed by atoms with E-state index in [1.807, 2.05) is 23.6 Å². The molecule has 1 aromatic heterocycles. The van der Waals surface area contributed by atoms with E-state index in [2.05, 4.69) is 15.9 Å². The molecule has 0 amide bonds. The van der Waals surface area contributed by atoms with E-state index in [-0.39, 0.29) is 5.78 Å². The average molecular weight is 259 g/mol. The van der Waals surface area contributed by atoms with E-state index < -0.39 is 0 Å². The van der Waals surface area contributed by atoms with Crippen LogP contribution in [0.5, 0.6) is 0 Å². The van der Waals surface area contributed by atoms with E-state index in [1.165, 1.54) is 11.3 Å². The Morgan fingerprint density at radius 3 is 3.08 bits per heavy atom. The zero-order valence-electron chi connectivity index (χ0n) is 7.20. The smallest absolute Gasteiger partial charge is 0.195 e. The predicted octanol–water partition coefficient (Wildman–Crippen LogP) is 3.66. The van der Waals surface area contributed by atoms with Crippen molar-refractivity contribution < 1.29 is 4.79 Å². The molecule has 1 nitrogen and oxygen atoms in total. The molecule has 0 saturated heterocycles. The monoisotopic (exact) mass is 258 g/mol. The Balaban J connectivity index is 2.38. The van der Waals surface area contributed by atoms with Crippen LogP contribution >= 0.6 is 27.3 Å². The second-order valence-corrected chi connectivity index (χ2v) is 4.32. The van der Waals surface area contributed by atoms with Crippen molar-refractivity contribution in [2.45, 2.75) is 12.8 Å². The molecule has 1 heterocycles. The van der Waals surface area contributed by atoms with Gasteiger partial charge in [-0.05, 0) is 30.4 Å². The van der Waals surface area contributed by atoms with Gasteiger partial charge in [-0.25, -0.2) is 0 Å². The van der Waals surface area contributed by atoms with Gasteiger partial charge in [-0.2, -0.15) is 0 Å². The lowest BCUT2D eigenvalue weighted by molar-refractivity contribution is 0.105. The molecule has 0 bridgehead atoms. The van der Waals surface area contributed by atoms with Gasteiger partial charge in [0.15, 0.2) is 5.78 Å². The van der Waals surface area contributed by atoms with Crippen molar-refractivity contribution in [3.63, 3.8) is 0 Å². The van der Waals surface area contributed by atoms with Crippen LogP contribution in [0.15, 0.2) is 29.7 Å². The maximum Gasteiger partial charge on any atom is 0.195 e. The van der Waals surface area contributed by atoms with Gasteiger partial charge in [0.1, 0.15) is 0 Å². The summed E-state index contributed by atoms with van der Waals surface area (Å²) >= 11 is 4.82. The van der Waals surface area contributed by atoms with Crippen LogP contribution in [0.3, 0.4) is 0 Å². The van der Waals surface area contributed by atoms with Gasteiger partial charge in [0.25, 0.3) is 0 Å². The molecule has 1 aromatic rings. The molecule has 0 unspecified atom stereocenters. The van der Waals surface area contributed by atoms with Crippen LogP contribution in [0.2, 0.25) is 0 Å². The van der Waals surface area contributed by atoms with E-state index in [0.29, 0.717) is 0 Å². The summed E-state index contributed by atoms with van der Waals surface area (Å²) in [6.45, 7) is 0. The van der Waals surface area contributed by atoms with Gasteiger partial charge in [0.2, 0.25) is 0 Å². The first-order chi connectivity index (χ1) is 6.34. The van der Waals surface area contributed by atoms with Crippen LogP contribution in [0, 0.1) is 0 Å². The number of alkyl halides is 1. The molecular formula is C10H11BrOS. The van der Waals surface area contributed by atoms with E-state index in [4.69, 9.17) is 0 Å². The Hall–Kier alpha value is -0.410. The van der Waals surface area contributed by atoms with Crippen molar-refractivity contribution in [1.82, 2.24) is 0 Å². The molecule has 0 radical (unpaired) electrons. The summed E-state index contributed by atoms with van der Waals surface area (Å²) in [6.07, 6.45) is 5.63. The molecule has 0 aliphatic heterocycles. The van der Waals surface area contributed by atoms with Crippen LogP contribution in [-0.4, -0.2) is 11.1 Å². The zero-order chi connectivity index (χ0) is 9.52. The topological polar surface area (TPSA) is 17.1 Å². The molecule has 13 heavy (non-hydrogen) atoms. The Kier molecular flexibility index (Phi) is 5.01. The molecule has 70 valence electrons. The third kappa shape index (κ3) is 3.87. The number of carbonyl (C=O) groups is 1. The van der Waals surface area contributed by atoms with Crippen molar-refractivity contribution in [3.8, 4) is 0 Å². The summed E-state index contributed by atoms with van der Waals surface area (Å²) < 4.78 is 0. The number of unbranched alkanes of at least 4 members (excludes halogenated alkanes) is 1. The average Bonchev–Trinajstić information content (AvgIpc) is 2.65. The standard InChI is InChI=1S/C10H11BrOS/c11-7-3-1-2-5-9(12)10-6-4-8-13-10/h2,4-6,8H,1,3,7H2/b5-2+. The molecule has 0 fully saturated rings. The number of hydrogen-bond acceptors (Lipinski definition) is 2. The third-order valence-corrected chi connectivity index (χ3v) is 2.98. The first-order valence-electron chi connectivity index (χ1n) is 4.15. The molecule has 0 aromatic carbocycles. The minimum Gasteiger partial charge on any atom is -0.288 e. The predicted molar refractivity (Wildman–Crippen MR) is 60.8 cm³/mol. The van der Waals surface area contributed by atoms with Crippen LogP contribution in [0.1, 0.15) is 22.5 Å². The largest absolute Gasteiger partial charge is 0.288 e. The maximum atomic E-state index is 11.4. The second kappa shape index (κ2) is 6.11. The Labute approximate surface area is 90.6 Å². The molecule has 0 spiro atoms. The summed E-state index contributed by atoms with van der Waals surface area (Å²) in [5, 5.41) is 2.91. The number of carbonyl (C=O) groups excluding carboxylic acids is 1. The molecule has 0 N–H and O–H groups in total. The molecule has 0 aliphatic rings. The third-order valence-electron chi connectivity index (χ3n) is 1.54. The summed E-state index contributed by atoms with van der Waals surface area (Å²) in [5.74, 6) is 0.115. The van der Waals surface area contributed by atoms with Gasteiger partial charge in [0.05, 0.1) is 4.88 Å². The lowest BCUT2D eigenvalue weighted by Crippen LogP contribution is -1.88. The highest BCUT2D eigenvalue weighted by Gasteiger charge is 2.00. The summed E-state index contributed by atoms with van der Waals surface area (Å²) in [6, 6.07) is 3.74. The van der Waals surface area contributed by atoms with Gasteiger partial charge in [-0.1, -0.05) is 28.1 Å². The highest BCUT2D eigenvalue weighted by atomic mass is 79.9. The minimum absolute atomic E-state index is 0.115. The SMILES string of the molecule is O=C(/C=C/CCCBr)c1cccs1. The molecule has 1 rings (SSSR count). The minimum atomic E-state index is 0.115. The summed E-state index contributed by atoms with van der Waals surface area (Å²) in [5.41, 5.74) is 0. The fourth-order valence-corrected chi connectivity index (χ4v) is 1.86. The lowest BCUT2D eigenvalue weighted by Gasteiger charge is -1.88. The van der Waals surface area contributed by atoms with Crippen molar-refractivity contribution in [3.05, 3.63) is 34.5 Å².